The summed E-state index contributed by atoms with van der Waals surface area (Å²) in [7, 11) is 0. The maximum Gasteiger partial charge on any atom is 0.333 e. The Hall–Kier alpha value is -1.16. The van der Waals surface area contributed by atoms with Crippen LogP contribution in [0.25, 0.3) is 0 Å². The first kappa shape index (κ1) is 23.1. The van der Waals surface area contributed by atoms with Gasteiger partial charge in [0.2, 0.25) is 0 Å². The Morgan fingerprint density at radius 2 is 1.71 bits per heavy atom. The highest BCUT2D eigenvalue weighted by Gasteiger charge is 2.31. The molecule has 4 nitrogen and oxygen atoms in total. The van der Waals surface area contributed by atoms with Gasteiger partial charge >= 0.3 is 5.97 Å². The largest absolute Gasteiger partial charge is 0.462 e. The van der Waals surface area contributed by atoms with Crippen LogP contribution in [0.3, 0.4) is 0 Å². The maximum atomic E-state index is 11.4. The second kappa shape index (κ2) is 11.1. The van der Waals surface area contributed by atoms with E-state index >= 15 is 0 Å². The van der Waals surface area contributed by atoms with Crippen molar-refractivity contribution in [3.8, 4) is 0 Å². The van der Waals surface area contributed by atoms with Gasteiger partial charge in [-0.1, -0.05) is 20.4 Å². The normalized spacial score (nSPS) is 34.1. The fourth-order valence-corrected chi connectivity index (χ4v) is 5.08. The Morgan fingerprint density at radius 1 is 1.07 bits per heavy atom. The lowest BCUT2D eigenvalue weighted by atomic mass is 9.71. The number of rotatable bonds is 8. The molecule has 0 aliphatic heterocycles. The van der Waals surface area contributed by atoms with E-state index in [2.05, 4.69) is 27.4 Å². The number of carbonyl (C=O) groups excluding carboxylic acids is 1. The van der Waals surface area contributed by atoms with Crippen molar-refractivity contribution in [3.63, 3.8) is 0 Å². The van der Waals surface area contributed by atoms with Crippen molar-refractivity contribution in [1.29, 1.82) is 0 Å². The van der Waals surface area contributed by atoms with E-state index in [0.717, 1.165) is 24.7 Å². The lowest BCUT2D eigenvalue weighted by Crippen LogP contribution is -2.35. The molecule has 0 heterocycles. The molecule has 0 aromatic rings. The number of hydrogen-bond donors (Lipinski definition) is 1. The van der Waals surface area contributed by atoms with Crippen molar-refractivity contribution in [2.75, 3.05) is 6.61 Å². The van der Waals surface area contributed by atoms with Crippen LogP contribution in [0.15, 0.2) is 17.1 Å². The van der Waals surface area contributed by atoms with E-state index in [-0.39, 0.29) is 5.97 Å². The van der Waals surface area contributed by atoms with E-state index in [1.165, 1.54) is 50.7 Å². The molecular formula is C24H42N2O2. The highest BCUT2D eigenvalue weighted by atomic mass is 16.5. The minimum Gasteiger partial charge on any atom is -0.462 e. The molecule has 0 aromatic heterocycles. The Morgan fingerprint density at radius 3 is 2.32 bits per heavy atom. The van der Waals surface area contributed by atoms with Gasteiger partial charge in [0.25, 0.3) is 0 Å². The van der Waals surface area contributed by atoms with Gasteiger partial charge in [0.1, 0.15) is 0 Å². The average molecular weight is 391 g/mol. The van der Waals surface area contributed by atoms with E-state index in [0.29, 0.717) is 36.1 Å². The summed E-state index contributed by atoms with van der Waals surface area (Å²) in [6, 6.07) is 0.889. The molecule has 2 aliphatic rings. The van der Waals surface area contributed by atoms with Gasteiger partial charge in [0.05, 0.1) is 12.6 Å². The maximum absolute atomic E-state index is 11.4. The monoisotopic (exact) mass is 390 g/mol. The zero-order valence-corrected chi connectivity index (χ0v) is 18.6. The second-order valence-corrected chi connectivity index (χ2v) is 9.66. The van der Waals surface area contributed by atoms with Gasteiger partial charge in [0.15, 0.2) is 0 Å². The third-order valence-electron chi connectivity index (χ3n) is 6.89. The summed E-state index contributed by atoms with van der Waals surface area (Å²) in [5.41, 5.74) is 7.84. The minimum atomic E-state index is -0.295. The van der Waals surface area contributed by atoms with E-state index in [1.54, 1.807) is 6.92 Å². The molecule has 0 radical (unpaired) electrons. The minimum absolute atomic E-state index is 0.295. The number of ether oxygens (including phenoxy) is 1. The van der Waals surface area contributed by atoms with Crippen molar-refractivity contribution in [1.82, 2.24) is 0 Å². The van der Waals surface area contributed by atoms with E-state index in [1.807, 2.05) is 0 Å². The van der Waals surface area contributed by atoms with E-state index < -0.39 is 0 Å². The van der Waals surface area contributed by atoms with Crippen molar-refractivity contribution < 1.29 is 9.53 Å². The molecule has 2 fully saturated rings. The van der Waals surface area contributed by atoms with Crippen LogP contribution in [0.5, 0.6) is 0 Å². The van der Waals surface area contributed by atoms with Gasteiger partial charge in [-0.25, -0.2) is 4.79 Å². The third-order valence-corrected chi connectivity index (χ3v) is 6.89. The molecule has 0 aromatic carbocycles. The van der Waals surface area contributed by atoms with Gasteiger partial charge < -0.3 is 10.5 Å². The van der Waals surface area contributed by atoms with Crippen molar-refractivity contribution >= 4 is 11.7 Å². The molecule has 0 saturated heterocycles. The molecule has 0 bridgehead atoms. The summed E-state index contributed by atoms with van der Waals surface area (Å²) in [6.45, 7) is 12.5. The van der Waals surface area contributed by atoms with Crippen LogP contribution in [-0.2, 0) is 9.53 Å². The quantitative estimate of drug-likeness (QED) is 0.264. The summed E-state index contributed by atoms with van der Waals surface area (Å²) < 4.78 is 5.16. The molecule has 2 aliphatic carbocycles. The zero-order valence-electron chi connectivity index (χ0n) is 18.6. The molecule has 6 atom stereocenters. The van der Waals surface area contributed by atoms with Crippen LogP contribution in [0.2, 0.25) is 0 Å². The second-order valence-electron chi connectivity index (χ2n) is 9.66. The number of nitrogens with two attached hydrogens (primary N) is 1. The Labute approximate surface area is 172 Å². The molecular weight excluding hydrogens is 348 g/mol. The number of aliphatic imine (C=N–C) groups is 1. The van der Waals surface area contributed by atoms with Crippen LogP contribution in [0, 0.1) is 23.7 Å². The zero-order chi connectivity index (χ0) is 20.7. The van der Waals surface area contributed by atoms with E-state index in [9.17, 15) is 4.79 Å². The number of carbonyl (C=O) groups is 1. The first-order chi connectivity index (χ1) is 13.3. The molecule has 6 unspecified atom stereocenters. The molecule has 2 rings (SSSR count). The summed E-state index contributed by atoms with van der Waals surface area (Å²) in [4.78, 5) is 16.4. The number of nitrogens with zero attached hydrogens (tertiary/aromatic N) is 1. The SMILES string of the molecule is C=C(C)C(=O)OCCCC(C)=NC1CCC(CC2CCC(N)C(C)C2)CC1C. The molecule has 160 valence electrons. The van der Waals surface area contributed by atoms with Crippen LogP contribution in [-0.4, -0.2) is 30.4 Å². The van der Waals surface area contributed by atoms with Gasteiger partial charge in [-0.2, -0.15) is 0 Å². The van der Waals surface area contributed by atoms with Gasteiger partial charge in [-0.15, -0.1) is 0 Å². The summed E-state index contributed by atoms with van der Waals surface area (Å²) in [5, 5.41) is 0. The standard InChI is InChI=1S/C24H42N2O2/c1-16(2)24(27)28-12-6-7-19(5)26-23-11-9-21(14-18(23)4)15-20-8-10-22(25)17(3)13-20/h17-18,20-23H,1,6-15,25H2,2-5H3. The number of hydrogen-bond acceptors (Lipinski definition) is 4. The Kier molecular flexibility index (Phi) is 9.20. The van der Waals surface area contributed by atoms with Crippen molar-refractivity contribution in [3.05, 3.63) is 12.2 Å². The van der Waals surface area contributed by atoms with Crippen molar-refractivity contribution in [2.24, 2.45) is 34.4 Å². The molecule has 0 spiro atoms. The molecule has 28 heavy (non-hydrogen) atoms. The fraction of sp³-hybridized carbons (Fsp3) is 0.833. The summed E-state index contributed by atoms with van der Waals surface area (Å²) >= 11 is 0. The van der Waals surface area contributed by atoms with Crippen LogP contribution in [0.1, 0.15) is 85.5 Å². The summed E-state index contributed by atoms with van der Waals surface area (Å²) in [5.74, 6) is 2.81. The lowest BCUT2D eigenvalue weighted by Gasteiger charge is -2.37. The molecule has 0 amide bonds. The first-order valence-electron chi connectivity index (χ1n) is 11.4. The van der Waals surface area contributed by atoms with Gasteiger partial charge in [-0.3, -0.25) is 4.99 Å². The highest BCUT2D eigenvalue weighted by molar-refractivity contribution is 5.87. The smallest absolute Gasteiger partial charge is 0.333 e. The highest BCUT2D eigenvalue weighted by Crippen LogP contribution is 2.39. The number of esters is 1. The van der Waals surface area contributed by atoms with Crippen LogP contribution in [0.4, 0.5) is 0 Å². The van der Waals surface area contributed by atoms with Crippen LogP contribution >= 0.6 is 0 Å². The fourth-order valence-electron chi connectivity index (χ4n) is 5.08. The summed E-state index contributed by atoms with van der Waals surface area (Å²) in [6.07, 6.45) is 10.8. The lowest BCUT2D eigenvalue weighted by molar-refractivity contribution is -0.138. The van der Waals surface area contributed by atoms with Crippen molar-refractivity contribution in [2.45, 2.75) is 97.6 Å². The Balaban J connectivity index is 1.70. The Bertz CT molecular complexity index is 557. The average Bonchev–Trinajstić information content (AvgIpc) is 2.64. The molecule has 2 N–H and O–H groups in total. The molecule has 2 saturated carbocycles. The van der Waals surface area contributed by atoms with Gasteiger partial charge in [0, 0.05) is 17.3 Å². The first-order valence-corrected chi connectivity index (χ1v) is 11.4. The predicted octanol–water partition coefficient (Wildman–Crippen LogP) is 5.31. The van der Waals surface area contributed by atoms with Gasteiger partial charge in [-0.05, 0) is 95.3 Å². The predicted molar refractivity (Wildman–Crippen MR) is 118 cm³/mol. The third kappa shape index (κ3) is 7.35. The topological polar surface area (TPSA) is 64.7 Å². The molecule has 4 heteroatoms. The van der Waals surface area contributed by atoms with E-state index in [4.69, 9.17) is 15.5 Å². The van der Waals surface area contributed by atoms with Crippen LogP contribution < -0.4 is 5.73 Å².